The zero-order valence-electron chi connectivity index (χ0n) is 10.3. The first-order chi connectivity index (χ1) is 8.79. The highest BCUT2D eigenvalue weighted by molar-refractivity contribution is 6.46. The van der Waals surface area contributed by atoms with E-state index in [1.54, 1.807) is 0 Å². The van der Waals surface area contributed by atoms with Crippen LogP contribution in [0.5, 0.6) is 0 Å². The average molecular weight is 275 g/mol. The van der Waals surface area contributed by atoms with Gasteiger partial charge in [-0.05, 0) is 29.3 Å². The second kappa shape index (κ2) is 6.74. The van der Waals surface area contributed by atoms with Gasteiger partial charge >= 0.3 is 0 Å². The molecule has 2 aromatic carbocycles. The van der Waals surface area contributed by atoms with Crippen LogP contribution in [0.2, 0.25) is 5.02 Å². The predicted octanol–water partition coefficient (Wildman–Crippen LogP) is 3.75. The summed E-state index contributed by atoms with van der Waals surface area (Å²) in [5, 5.41) is 1.99. The lowest BCUT2D eigenvalue weighted by Gasteiger charge is -2.16. The summed E-state index contributed by atoms with van der Waals surface area (Å²) in [6.45, 7) is 2.13. The standard InChI is InChI=1S/C15H15ClOSi/c1-2-15(12-8-10-13(16)11-9-12)17-18-14-6-4-3-5-7-14/h3-11,15H,2H2,1H3/t15-/m0/s1. The molecule has 1 atom stereocenters. The Hall–Kier alpha value is -1.09. The van der Waals surface area contributed by atoms with Crippen LogP contribution in [0, 0.1) is 0 Å². The summed E-state index contributed by atoms with van der Waals surface area (Å²) < 4.78 is 5.99. The van der Waals surface area contributed by atoms with Gasteiger partial charge in [-0.15, -0.1) is 0 Å². The van der Waals surface area contributed by atoms with Gasteiger partial charge < -0.3 is 4.43 Å². The second-order valence-electron chi connectivity index (χ2n) is 4.03. The predicted molar refractivity (Wildman–Crippen MR) is 77.4 cm³/mol. The molecule has 2 aromatic rings. The first-order valence-corrected chi connectivity index (χ1v) is 7.30. The van der Waals surface area contributed by atoms with Crippen LogP contribution in [0.25, 0.3) is 0 Å². The molecule has 0 N–H and O–H groups in total. The second-order valence-corrected chi connectivity index (χ2v) is 5.49. The highest BCUT2D eigenvalue weighted by Crippen LogP contribution is 2.22. The molecule has 92 valence electrons. The van der Waals surface area contributed by atoms with Crippen LogP contribution < -0.4 is 5.19 Å². The molecule has 0 aliphatic rings. The number of benzene rings is 2. The van der Waals surface area contributed by atoms with Crippen molar-refractivity contribution in [2.75, 3.05) is 0 Å². The molecule has 0 heterocycles. The zero-order chi connectivity index (χ0) is 12.8. The summed E-state index contributed by atoms with van der Waals surface area (Å²) in [5.74, 6) is 0. The Kier molecular flexibility index (Phi) is 4.99. The zero-order valence-corrected chi connectivity index (χ0v) is 12.0. The fraction of sp³-hybridized carbons (Fsp3) is 0.200. The van der Waals surface area contributed by atoms with Gasteiger partial charge in [0.05, 0.1) is 6.10 Å². The summed E-state index contributed by atoms with van der Waals surface area (Å²) in [4.78, 5) is 0. The molecule has 18 heavy (non-hydrogen) atoms. The fourth-order valence-electron chi connectivity index (χ4n) is 1.71. The molecule has 0 aliphatic heterocycles. The molecular formula is C15H15ClOSi. The van der Waals surface area contributed by atoms with E-state index in [1.807, 2.05) is 42.5 Å². The molecule has 0 spiro atoms. The van der Waals surface area contributed by atoms with E-state index in [1.165, 1.54) is 10.8 Å². The third-order valence-electron chi connectivity index (χ3n) is 2.71. The van der Waals surface area contributed by atoms with Crippen LogP contribution in [0.3, 0.4) is 0 Å². The van der Waals surface area contributed by atoms with Crippen molar-refractivity contribution in [1.82, 2.24) is 0 Å². The van der Waals surface area contributed by atoms with Crippen molar-refractivity contribution in [3.63, 3.8) is 0 Å². The quantitative estimate of drug-likeness (QED) is 0.755. The van der Waals surface area contributed by atoms with Crippen molar-refractivity contribution in [3.8, 4) is 0 Å². The van der Waals surface area contributed by atoms with Gasteiger partial charge in [0.15, 0.2) is 0 Å². The molecule has 2 rings (SSSR count). The first-order valence-electron chi connectivity index (χ1n) is 6.01. The molecule has 0 bridgehead atoms. The van der Waals surface area contributed by atoms with E-state index < -0.39 is 0 Å². The van der Waals surface area contributed by atoms with Crippen molar-refractivity contribution in [2.45, 2.75) is 19.4 Å². The Bertz CT molecular complexity index is 470. The minimum absolute atomic E-state index is 0.140. The minimum atomic E-state index is 0.140. The molecule has 0 saturated carbocycles. The van der Waals surface area contributed by atoms with Gasteiger partial charge in [-0.1, -0.05) is 61.0 Å². The molecule has 0 unspecified atom stereocenters. The third kappa shape index (κ3) is 3.70. The van der Waals surface area contributed by atoms with Crippen molar-refractivity contribution >= 4 is 26.6 Å². The van der Waals surface area contributed by atoms with Crippen LogP contribution in [0.4, 0.5) is 0 Å². The maximum absolute atomic E-state index is 5.99. The van der Waals surface area contributed by atoms with Crippen LogP contribution in [0.1, 0.15) is 25.0 Å². The van der Waals surface area contributed by atoms with Crippen molar-refractivity contribution in [3.05, 3.63) is 65.2 Å². The molecule has 0 amide bonds. The highest BCUT2D eigenvalue weighted by atomic mass is 35.5. The van der Waals surface area contributed by atoms with Gasteiger partial charge in [0, 0.05) is 5.02 Å². The lowest BCUT2D eigenvalue weighted by molar-refractivity contribution is 0.216. The molecule has 1 nitrogen and oxygen atoms in total. The lowest BCUT2D eigenvalue weighted by atomic mass is 10.1. The number of hydrogen-bond donors (Lipinski definition) is 0. The van der Waals surface area contributed by atoms with Crippen LogP contribution in [-0.2, 0) is 4.43 Å². The number of hydrogen-bond acceptors (Lipinski definition) is 1. The Balaban J connectivity index is 1.99. The molecule has 0 fully saturated rings. The van der Waals surface area contributed by atoms with Gasteiger partial charge in [0.25, 0.3) is 9.76 Å². The topological polar surface area (TPSA) is 9.23 Å². The van der Waals surface area contributed by atoms with Crippen molar-refractivity contribution in [2.24, 2.45) is 0 Å². The molecule has 2 radical (unpaired) electrons. The molecule has 0 saturated heterocycles. The van der Waals surface area contributed by atoms with Gasteiger partial charge in [0.1, 0.15) is 0 Å². The van der Waals surface area contributed by atoms with Crippen LogP contribution in [0.15, 0.2) is 54.6 Å². The van der Waals surface area contributed by atoms with Gasteiger partial charge in [-0.3, -0.25) is 0 Å². The first kappa shape index (κ1) is 13.3. The Labute approximate surface area is 116 Å². The van der Waals surface area contributed by atoms with Crippen LogP contribution in [-0.4, -0.2) is 9.76 Å². The van der Waals surface area contributed by atoms with E-state index in [2.05, 4.69) is 19.1 Å². The van der Waals surface area contributed by atoms with E-state index in [0.717, 1.165) is 11.4 Å². The maximum Gasteiger partial charge on any atom is 0.269 e. The van der Waals surface area contributed by atoms with E-state index in [0.29, 0.717) is 9.76 Å². The average Bonchev–Trinajstić information content (AvgIpc) is 2.42. The minimum Gasteiger partial charge on any atom is -0.405 e. The largest absolute Gasteiger partial charge is 0.405 e. The molecule has 0 aromatic heterocycles. The summed E-state index contributed by atoms with van der Waals surface area (Å²) >= 11 is 5.89. The number of rotatable bonds is 5. The molecule has 3 heteroatoms. The van der Waals surface area contributed by atoms with Gasteiger partial charge in [-0.2, -0.15) is 0 Å². The summed E-state index contributed by atoms with van der Waals surface area (Å²) in [5.41, 5.74) is 1.19. The smallest absolute Gasteiger partial charge is 0.269 e. The summed E-state index contributed by atoms with van der Waals surface area (Å²) in [6, 6.07) is 18.2. The fourth-order valence-corrected chi connectivity index (χ4v) is 2.75. The summed E-state index contributed by atoms with van der Waals surface area (Å²) in [7, 11) is 0.381. The van der Waals surface area contributed by atoms with E-state index >= 15 is 0 Å². The van der Waals surface area contributed by atoms with Crippen LogP contribution >= 0.6 is 11.6 Å². The highest BCUT2D eigenvalue weighted by Gasteiger charge is 2.10. The normalized spacial score (nSPS) is 12.3. The van der Waals surface area contributed by atoms with E-state index in [9.17, 15) is 0 Å². The van der Waals surface area contributed by atoms with E-state index in [4.69, 9.17) is 16.0 Å². The van der Waals surface area contributed by atoms with Gasteiger partial charge in [-0.25, -0.2) is 0 Å². The maximum atomic E-state index is 5.99. The Morgan fingerprint density at radius 1 is 1.06 bits per heavy atom. The summed E-state index contributed by atoms with van der Waals surface area (Å²) in [6.07, 6.45) is 1.10. The van der Waals surface area contributed by atoms with E-state index in [-0.39, 0.29) is 6.10 Å². The van der Waals surface area contributed by atoms with Crippen molar-refractivity contribution < 1.29 is 4.43 Å². The lowest BCUT2D eigenvalue weighted by Crippen LogP contribution is -2.19. The molecule has 0 aliphatic carbocycles. The monoisotopic (exact) mass is 274 g/mol. The van der Waals surface area contributed by atoms with Crippen molar-refractivity contribution in [1.29, 1.82) is 0 Å². The molecular weight excluding hydrogens is 260 g/mol. The third-order valence-corrected chi connectivity index (χ3v) is 3.93. The Morgan fingerprint density at radius 2 is 1.72 bits per heavy atom. The Morgan fingerprint density at radius 3 is 2.33 bits per heavy atom. The SMILES string of the molecule is CC[C@H](O[Si]c1ccccc1)c1ccc(Cl)cc1. The van der Waals surface area contributed by atoms with Gasteiger partial charge in [0.2, 0.25) is 0 Å². The number of halogens is 1.